The molecule has 2 fully saturated rings. The van der Waals surface area contributed by atoms with Crippen molar-refractivity contribution < 1.29 is 14.4 Å². The zero-order valence-electron chi connectivity index (χ0n) is 14.0. The Labute approximate surface area is 145 Å². The third-order valence-corrected chi connectivity index (χ3v) is 5.71. The summed E-state index contributed by atoms with van der Waals surface area (Å²) >= 11 is 0. The number of amides is 1. The van der Waals surface area contributed by atoms with E-state index in [4.69, 9.17) is 10.3 Å². The van der Waals surface area contributed by atoms with Gasteiger partial charge < -0.3 is 15.4 Å². The summed E-state index contributed by atoms with van der Waals surface area (Å²) in [7, 11) is 0. The number of rotatable bonds is 6. The summed E-state index contributed by atoms with van der Waals surface area (Å²) in [5.74, 6) is -0.369. The summed E-state index contributed by atoms with van der Waals surface area (Å²) in [6.45, 7) is 0.655. The molecule has 4 rings (SSSR count). The molecule has 1 aromatic heterocycles. The standard InChI is InChI=1S/C18H22N4O3/c19-16(24)17-20-15(25-21-17)10-22-13-6-7-14(22)18(9-13,11-23)8-12-4-2-1-3-5-12/h1-5,13-14,23H,6-11H2,(H2,19,24)/t13-,14+,18-/m1/s1. The van der Waals surface area contributed by atoms with E-state index >= 15 is 0 Å². The highest BCUT2D eigenvalue weighted by Crippen LogP contribution is 2.51. The van der Waals surface area contributed by atoms with Crippen LogP contribution in [0.3, 0.4) is 0 Å². The molecular formula is C18H22N4O3. The third kappa shape index (κ3) is 2.83. The van der Waals surface area contributed by atoms with Crippen molar-refractivity contribution >= 4 is 5.91 Å². The molecule has 2 aromatic rings. The Balaban J connectivity index is 1.54. The molecule has 0 spiro atoms. The minimum absolute atomic E-state index is 0.0840. The summed E-state index contributed by atoms with van der Waals surface area (Å²) in [6, 6.07) is 11.0. The van der Waals surface area contributed by atoms with Crippen molar-refractivity contribution in [3.05, 3.63) is 47.6 Å². The average molecular weight is 342 g/mol. The highest BCUT2D eigenvalue weighted by atomic mass is 16.5. The van der Waals surface area contributed by atoms with Gasteiger partial charge in [0, 0.05) is 17.5 Å². The molecular weight excluding hydrogens is 320 g/mol. The molecule has 2 aliphatic heterocycles. The van der Waals surface area contributed by atoms with Crippen LogP contribution in [0.5, 0.6) is 0 Å². The second-order valence-electron chi connectivity index (χ2n) is 7.18. The predicted octanol–water partition coefficient (Wildman–Crippen LogP) is 1.13. The molecule has 1 amide bonds. The van der Waals surface area contributed by atoms with Crippen LogP contribution < -0.4 is 5.73 Å². The Kier molecular flexibility index (Phi) is 4.05. The Morgan fingerprint density at radius 2 is 2.16 bits per heavy atom. The zero-order chi connectivity index (χ0) is 17.4. The minimum Gasteiger partial charge on any atom is -0.396 e. The van der Waals surface area contributed by atoms with Crippen molar-refractivity contribution in [2.45, 2.75) is 44.3 Å². The quantitative estimate of drug-likeness (QED) is 0.815. The van der Waals surface area contributed by atoms with Crippen molar-refractivity contribution in [3.8, 4) is 0 Å². The number of aliphatic hydroxyl groups is 1. The fourth-order valence-corrected chi connectivity index (χ4v) is 4.65. The van der Waals surface area contributed by atoms with Gasteiger partial charge in [-0.25, -0.2) is 0 Å². The van der Waals surface area contributed by atoms with E-state index in [1.54, 1.807) is 0 Å². The maximum Gasteiger partial charge on any atom is 0.290 e. The van der Waals surface area contributed by atoms with Gasteiger partial charge in [0.15, 0.2) is 0 Å². The Morgan fingerprint density at radius 3 is 2.84 bits per heavy atom. The Hall–Kier alpha value is -2.25. The molecule has 3 atom stereocenters. The summed E-state index contributed by atoms with van der Waals surface area (Å²) in [5.41, 5.74) is 6.29. The van der Waals surface area contributed by atoms with Crippen LogP contribution in [0.2, 0.25) is 0 Å². The van der Waals surface area contributed by atoms with E-state index in [0.29, 0.717) is 18.5 Å². The van der Waals surface area contributed by atoms with Gasteiger partial charge in [-0.3, -0.25) is 9.69 Å². The van der Waals surface area contributed by atoms with Crippen molar-refractivity contribution in [2.75, 3.05) is 6.61 Å². The van der Waals surface area contributed by atoms with Crippen LogP contribution in [0.1, 0.15) is 41.3 Å². The van der Waals surface area contributed by atoms with Crippen LogP contribution in [0.4, 0.5) is 0 Å². The number of primary amides is 1. The van der Waals surface area contributed by atoms with Gasteiger partial charge in [0.05, 0.1) is 13.2 Å². The highest BCUT2D eigenvalue weighted by Gasteiger charge is 2.55. The molecule has 25 heavy (non-hydrogen) atoms. The normalized spacial score (nSPS) is 28.5. The third-order valence-electron chi connectivity index (χ3n) is 5.71. The lowest BCUT2D eigenvalue weighted by molar-refractivity contribution is 0.0723. The van der Waals surface area contributed by atoms with Gasteiger partial charge >= 0.3 is 0 Å². The van der Waals surface area contributed by atoms with Gasteiger partial charge in [0.25, 0.3) is 11.7 Å². The molecule has 0 radical (unpaired) electrons. The SMILES string of the molecule is NC(=O)c1noc(CN2[C@@H]3CC[C@H]2[C@](CO)(Cc2ccccc2)C3)n1. The number of nitrogens with two attached hydrogens (primary N) is 1. The number of aromatic nitrogens is 2. The topological polar surface area (TPSA) is 105 Å². The Morgan fingerprint density at radius 1 is 1.36 bits per heavy atom. The largest absolute Gasteiger partial charge is 0.396 e. The first-order chi connectivity index (χ1) is 12.1. The minimum atomic E-state index is -0.687. The molecule has 0 unspecified atom stereocenters. The first-order valence-electron chi connectivity index (χ1n) is 8.64. The number of hydrogen-bond acceptors (Lipinski definition) is 6. The smallest absolute Gasteiger partial charge is 0.290 e. The summed E-state index contributed by atoms with van der Waals surface area (Å²) in [5, 5.41) is 13.8. The lowest BCUT2D eigenvalue weighted by Crippen LogP contribution is -2.41. The molecule has 7 nitrogen and oxygen atoms in total. The van der Waals surface area contributed by atoms with Gasteiger partial charge in [0.1, 0.15) is 0 Å². The molecule has 1 aromatic carbocycles. The first kappa shape index (κ1) is 16.2. The summed E-state index contributed by atoms with van der Waals surface area (Å²) in [4.78, 5) is 17.6. The number of hydrogen-bond donors (Lipinski definition) is 2. The lowest BCUT2D eigenvalue weighted by Gasteiger charge is -2.36. The molecule has 132 valence electrons. The molecule has 3 N–H and O–H groups in total. The van der Waals surface area contributed by atoms with Gasteiger partial charge in [-0.2, -0.15) is 4.98 Å². The summed E-state index contributed by atoms with van der Waals surface area (Å²) in [6.07, 6.45) is 3.98. The second kappa shape index (κ2) is 6.24. The van der Waals surface area contributed by atoms with Crippen LogP contribution in [0.15, 0.2) is 34.9 Å². The van der Waals surface area contributed by atoms with Gasteiger partial charge in [-0.15, -0.1) is 0 Å². The van der Waals surface area contributed by atoms with Gasteiger partial charge in [0.2, 0.25) is 5.89 Å². The number of benzene rings is 1. The molecule has 0 aliphatic carbocycles. The van der Waals surface area contributed by atoms with Crippen LogP contribution in [-0.2, 0) is 13.0 Å². The molecule has 7 heteroatoms. The van der Waals surface area contributed by atoms with E-state index in [9.17, 15) is 9.90 Å². The van der Waals surface area contributed by atoms with Crippen molar-refractivity contribution in [3.63, 3.8) is 0 Å². The number of aliphatic hydroxyl groups excluding tert-OH is 1. The molecule has 2 saturated heterocycles. The highest BCUT2D eigenvalue weighted by molar-refractivity contribution is 5.88. The monoisotopic (exact) mass is 342 g/mol. The molecule has 2 bridgehead atoms. The molecule has 2 aliphatic rings. The van der Waals surface area contributed by atoms with Crippen molar-refractivity contribution in [1.29, 1.82) is 0 Å². The maximum atomic E-state index is 11.1. The van der Waals surface area contributed by atoms with Crippen LogP contribution in [0.25, 0.3) is 0 Å². The molecule has 3 heterocycles. The van der Waals surface area contributed by atoms with Crippen LogP contribution >= 0.6 is 0 Å². The summed E-state index contributed by atoms with van der Waals surface area (Å²) < 4.78 is 5.17. The average Bonchev–Trinajstić information content (AvgIpc) is 3.31. The van der Waals surface area contributed by atoms with E-state index in [0.717, 1.165) is 25.7 Å². The molecule has 0 saturated carbocycles. The first-order valence-corrected chi connectivity index (χ1v) is 8.64. The number of nitrogens with zero attached hydrogens (tertiary/aromatic N) is 3. The number of carbonyl (C=O) groups is 1. The van der Waals surface area contributed by atoms with Crippen molar-refractivity contribution in [2.24, 2.45) is 11.1 Å². The van der Waals surface area contributed by atoms with E-state index in [1.807, 2.05) is 18.2 Å². The van der Waals surface area contributed by atoms with E-state index in [2.05, 4.69) is 27.2 Å². The van der Waals surface area contributed by atoms with E-state index in [1.165, 1.54) is 5.56 Å². The maximum absolute atomic E-state index is 11.1. The van der Waals surface area contributed by atoms with E-state index in [-0.39, 0.29) is 23.9 Å². The zero-order valence-corrected chi connectivity index (χ0v) is 14.0. The van der Waals surface area contributed by atoms with Crippen molar-refractivity contribution in [1.82, 2.24) is 15.0 Å². The fraction of sp³-hybridized carbons (Fsp3) is 0.500. The van der Waals surface area contributed by atoms with Gasteiger partial charge in [-0.05, 0) is 31.2 Å². The van der Waals surface area contributed by atoms with Gasteiger partial charge in [-0.1, -0.05) is 35.5 Å². The fourth-order valence-electron chi connectivity index (χ4n) is 4.65. The lowest BCUT2D eigenvalue weighted by atomic mass is 9.70. The number of carbonyl (C=O) groups excluding carboxylic acids is 1. The Bertz CT molecular complexity index is 763. The van der Waals surface area contributed by atoms with Crippen LogP contribution in [-0.4, -0.2) is 44.7 Å². The second-order valence-corrected chi connectivity index (χ2v) is 7.18. The van der Waals surface area contributed by atoms with E-state index < -0.39 is 5.91 Å². The predicted molar refractivity (Wildman–Crippen MR) is 89.5 cm³/mol. The van der Waals surface area contributed by atoms with Crippen LogP contribution in [0, 0.1) is 5.41 Å². The number of fused-ring (bicyclic) bond motifs is 2.